The number of carbonyl (C=O) groups is 2. The number of H-pyrrole nitrogens is 1. The molecule has 0 unspecified atom stereocenters. The highest BCUT2D eigenvalue weighted by Gasteiger charge is 2.51. The molecule has 10 nitrogen and oxygen atoms in total. The number of aromatic nitrogens is 1. The second-order valence-electron chi connectivity index (χ2n) is 22.0. The number of hydrogen-bond donors (Lipinski definition) is 2. The lowest BCUT2D eigenvalue weighted by Gasteiger charge is -2.52. The number of benzene rings is 4. The van der Waals surface area contributed by atoms with E-state index in [0.717, 1.165) is 137 Å². The number of methoxy groups -OCH3 is 2. The summed E-state index contributed by atoms with van der Waals surface area (Å²) in [5, 5.41) is 11.7. The minimum Gasteiger partial charge on any atom is -0.497 e. The van der Waals surface area contributed by atoms with Gasteiger partial charge in [-0.2, -0.15) is 0 Å². The van der Waals surface area contributed by atoms with Crippen LogP contribution in [-0.4, -0.2) is 108 Å². The normalized spacial score (nSPS) is 22.7. The Morgan fingerprint density at radius 2 is 1.22 bits per heavy atom. The molecule has 2 atom stereocenters. The average Bonchev–Trinajstić information content (AvgIpc) is 3.95. The number of piperidine rings is 2. The van der Waals surface area contributed by atoms with Crippen LogP contribution >= 0.6 is 0 Å². The van der Waals surface area contributed by atoms with E-state index in [1.165, 1.54) is 40.3 Å². The Labute approximate surface area is 423 Å². The first-order chi connectivity index (χ1) is 35.1. The first-order valence-corrected chi connectivity index (χ1v) is 26.8. The molecule has 2 amide bonds. The maximum Gasteiger partial charge on any atom is 0.225 e. The van der Waals surface area contributed by atoms with E-state index < -0.39 is 0 Å². The van der Waals surface area contributed by atoms with Crippen LogP contribution in [0.1, 0.15) is 117 Å². The Bertz CT molecular complexity index is 2850. The van der Waals surface area contributed by atoms with Crippen molar-refractivity contribution in [1.82, 2.24) is 24.6 Å². The number of likely N-dealkylation sites (tertiary alicyclic amines) is 2. The SMILES string of the molecule is CC[C@H]1C2=C(c3ccc(OC)cc3C2)C2(CCN(C(=O)C3CCC3)CC2)CN1Cc1ccccc1F.COc1ccc2c3c([nH]c2c1)[C@@H](CO)N(Cc1ccccc1F)CC31CCN(C(=O)C2CCC2)CC1. The third kappa shape index (κ3) is 8.72. The van der Waals surface area contributed by atoms with Crippen molar-refractivity contribution in [3.63, 3.8) is 0 Å². The zero-order valence-corrected chi connectivity index (χ0v) is 42.4. The van der Waals surface area contributed by atoms with Gasteiger partial charge in [0.2, 0.25) is 11.8 Å². The summed E-state index contributed by atoms with van der Waals surface area (Å²) in [4.78, 5) is 38.6. The number of fused-ring (bicyclic) bond motifs is 7. The maximum atomic E-state index is 14.7. The third-order valence-electron chi connectivity index (χ3n) is 18.2. The summed E-state index contributed by atoms with van der Waals surface area (Å²) in [6.07, 6.45) is 12.1. The van der Waals surface area contributed by atoms with Gasteiger partial charge in [0, 0.05) is 115 Å². The quantitative estimate of drug-likeness (QED) is 0.144. The van der Waals surface area contributed by atoms with Gasteiger partial charge in [-0.3, -0.25) is 19.4 Å². The van der Waals surface area contributed by atoms with Gasteiger partial charge in [-0.1, -0.05) is 62.2 Å². The van der Waals surface area contributed by atoms with Crippen molar-refractivity contribution in [2.75, 3.05) is 60.1 Å². The minimum atomic E-state index is -0.265. The molecule has 3 aliphatic carbocycles. The molecule has 4 aromatic carbocycles. The van der Waals surface area contributed by atoms with Crippen LogP contribution in [0.25, 0.3) is 16.5 Å². The number of halogens is 2. The van der Waals surface area contributed by atoms with Gasteiger partial charge in [0.15, 0.2) is 0 Å². The molecule has 380 valence electrons. The first kappa shape index (κ1) is 48.7. The predicted molar refractivity (Wildman–Crippen MR) is 276 cm³/mol. The van der Waals surface area contributed by atoms with E-state index >= 15 is 0 Å². The Balaban J connectivity index is 0.000000156. The number of ether oxygens (including phenoxy) is 2. The zero-order valence-electron chi connectivity index (χ0n) is 42.4. The van der Waals surface area contributed by atoms with E-state index in [-0.39, 0.29) is 46.9 Å². The number of aliphatic hydroxyl groups is 1. The fraction of sp³-hybridized carbons (Fsp3) is 0.500. The predicted octanol–water partition coefficient (Wildman–Crippen LogP) is 10.4. The highest BCUT2D eigenvalue weighted by Crippen LogP contribution is 2.56. The number of amides is 2. The van der Waals surface area contributed by atoms with Crippen LogP contribution in [0.5, 0.6) is 11.5 Å². The lowest BCUT2D eigenvalue weighted by molar-refractivity contribution is -0.141. The van der Waals surface area contributed by atoms with Gasteiger partial charge in [0.05, 0.1) is 26.9 Å². The smallest absolute Gasteiger partial charge is 0.225 e. The van der Waals surface area contributed by atoms with Crippen molar-refractivity contribution in [3.8, 4) is 11.5 Å². The zero-order chi connectivity index (χ0) is 49.7. The maximum absolute atomic E-state index is 14.7. The third-order valence-corrected chi connectivity index (χ3v) is 18.2. The topological polar surface area (TPSA) is 102 Å². The largest absolute Gasteiger partial charge is 0.497 e. The van der Waals surface area contributed by atoms with Crippen molar-refractivity contribution in [1.29, 1.82) is 0 Å². The van der Waals surface area contributed by atoms with Crippen molar-refractivity contribution >= 4 is 28.3 Å². The number of aromatic amines is 1. The number of nitrogens with zero attached hydrogens (tertiary/aromatic N) is 4. The van der Waals surface area contributed by atoms with E-state index in [1.807, 2.05) is 36.4 Å². The summed E-state index contributed by atoms with van der Waals surface area (Å²) in [6.45, 7) is 7.96. The lowest BCUT2D eigenvalue weighted by Crippen LogP contribution is -2.55. The van der Waals surface area contributed by atoms with Crippen LogP contribution in [-0.2, 0) is 34.5 Å². The molecule has 0 bridgehead atoms. The number of carbonyl (C=O) groups excluding carboxylic acids is 2. The number of hydrogen-bond acceptors (Lipinski definition) is 7. The molecule has 2 spiro atoms. The van der Waals surface area contributed by atoms with Crippen LogP contribution in [0.4, 0.5) is 8.78 Å². The molecule has 7 aliphatic rings. The fourth-order valence-electron chi connectivity index (χ4n) is 13.9. The van der Waals surface area contributed by atoms with E-state index in [2.05, 4.69) is 55.8 Å². The van der Waals surface area contributed by atoms with E-state index in [4.69, 9.17) is 9.47 Å². The highest BCUT2D eigenvalue weighted by molar-refractivity contribution is 5.88. The van der Waals surface area contributed by atoms with E-state index in [0.29, 0.717) is 43.1 Å². The lowest BCUT2D eigenvalue weighted by atomic mass is 9.66. The van der Waals surface area contributed by atoms with Crippen molar-refractivity contribution < 1.29 is 33.0 Å². The molecule has 5 heterocycles. The van der Waals surface area contributed by atoms with Crippen molar-refractivity contribution in [2.24, 2.45) is 17.3 Å². The second kappa shape index (κ2) is 20.0. The number of rotatable bonds is 10. The monoisotopic (exact) mass is 980 g/mol. The molecule has 4 aliphatic heterocycles. The molecule has 0 radical (unpaired) electrons. The minimum absolute atomic E-state index is 0.0114. The van der Waals surface area contributed by atoms with Gasteiger partial charge in [0.25, 0.3) is 0 Å². The first-order valence-electron chi connectivity index (χ1n) is 26.8. The second-order valence-corrected chi connectivity index (χ2v) is 22.0. The molecule has 2 saturated carbocycles. The Kier molecular flexibility index (Phi) is 13.6. The van der Waals surface area contributed by atoms with Crippen molar-refractivity contribution in [2.45, 2.75) is 115 Å². The van der Waals surface area contributed by atoms with Crippen LogP contribution in [0.3, 0.4) is 0 Å². The van der Waals surface area contributed by atoms with E-state index in [1.54, 1.807) is 32.4 Å². The number of nitrogens with one attached hydrogen (secondary N) is 1. The Morgan fingerprint density at radius 1 is 0.694 bits per heavy atom. The number of aliphatic hydroxyl groups excluding tert-OH is 1. The van der Waals surface area contributed by atoms with Crippen molar-refractivity contribution in [3.05, 3.63) is 136 Å². The van der Waals surface area contributed by atoms with Crippen LogP contribution in [0.2, 0.25) is 0 Å². The standard InChI is InChI=1S/C31H37FN2O2.C29H34FN3O3/c1-3-28-26-18-23-17-24(36-2)11-12-25(23)29(26)31(20-34(28)19-22-7-4-5-10-27(22)32)13-15-33(16-14-31)30(35)21-8-6-9-21;1-36-21-9-10-22-24(15-21)31-27-25(17-34)33(16-20-5-2-3-8-23(20)30)18-29(26(22)27)11-13-32(14-12-29)28(35)19-6-4-7-19/h4-5,7,10-12,17,21,28H,3,6,8-9,13-16,18-20H2,1-2H3;2-3,5,8-10,15,19,25,31,34H,4,6-7,11-14,16-18H2,1H3/t28-;25-/m01/s1. The molecule has 72 heavy (non-hydrogen) atoms. The summed E-state index contributed by atoms with van der Waals surface area (Å²) in [5.41, 5.74) is 10.2. The van der Waals surface area contributed by atoms with Gasteiger partial charge >= 0.3 is 0 Å². The summed E-state index contributed by atoms with van der Waals surface area (Å²) >= 11 is 0. The van der Waals surface area contributed by atoms with Crippen LogP contribution < -0.4 is 9.47 Å². The van der Waals surface area contributed by atoms with Gasteiger partial charge in [0.1, 0.15) is 23.1 Å². The summed E-state index contributed by atoms with van der Waals surface area (Å²) in [5.74, 6) is 2.47. The van der Waals surface area contributed by atoms with Gasteiger partial charge in [-0.15, -0.1) is 0 Å². The molecule has 1 aromatic heterocycles. The molecule has 12 rings (SSSR count). The van der Waals surface area contributed by atoms with Crippen LogP contribution in [0, 0.1) is 28.9 Å². The van der Waals surface area contributed by atoms with Gasteiger partial charge in [-0.05, 0) is 128 Å². The molecule has 4 fully saturated rings. The van der Waals surface area contributed by atoms with E-state index in [9.17, 15) is 23.5 Å². The Hall–Kier alpha value is -5.56. The molecule has 5 aromatic rings. The molecular weight excluding hydrogens is 909 g/mol. The molecule has 2 N–H and O–H groups in total. The summed E-state index contributed by atoms with van der Waals surface area (Å²) in [6, 6.07) is 26.7. The van der Waals surface area contributed by atoms with Crippen LogP contribution in [0.15, 0.2) is 90.5 Å². The highest BCUT2D eigenvalue weighted by atomic mass is 19.1. The summed E-state index contributed by atoms with van der Waals surface area (Å²) in [7, 11) is 3.39. The molecular formula is C60H71F2N5O5. The fourth-order valence-corrected chi connectivity index (χ4v) is 13.9. The van der Waals surface area contributed by atoms with Gasteiger partial charge < -0.3 is 29.4 Å². The Morgan fingerprint density at radius 3 is 1.75 bits per heavy atom. The summed E-state index contributed by atoms with van der Waals surface area (Å²) < 4.78 is 40.4. The van der Waals surface area contributed by atoms with Gasteiger partial charge in [-0.25, -0.2) is 8.78 Å². The average molecular weight is 980 g/mol. The molecule has 12 heteroatoms. The molecule has 2 saturated heterocycles.